The van der Waals surface area contributed by atoms with Gasteiger partial charge in [0.2, 0.25) is 15.9 Å². The summed E-state index contributed by atoms with van der Waals surface area (Å²) < 4.78 is 25.3. The van der Waals surface area contributed by atoms with Crippen LogP contribution in [0.25, 0.3) is 0 Å². The summed E-state index contributed by atoms with van der Waals surface area (Å²) in [6.07, 6.45) is 2.71. The zero-order valence-electron chi connectivity index (χ0n) is 15.8. The van der Waals surface area contributed by atoms with Gasteiger partial charge in [0.25, 0.3) is 0 Å². The zero-order valence-corrected chi connectivity index (χ0v) is 17.4. The van der Waals surface area contributed by atoms with E-state index < -0.39 is 10.0 Å². The summed E-state index contributed by atoms with van der Waals surface area (Å²) in [6, 6.07) is 13.2. The van der Waals surface area contributed by atoms with Crippen molar-refractivity contribution in [3.63, 3.8) is 0 Å². The van der Waals surface area contributed by atoms with Crippen molar-refractivity contribution in [3.05, 3.63) is 64.2 Å². The van der Waals surface area contributed by atoms with Gasteiger partial charge in [-0.3, -0.25) is 9.10 Å². The molecule has 0 aliphatic heterocycles. The lowest BCUT2D eigenvalue weighted by atomic mass is 10.1. The molecule has 2 rings (SSSR count). The molecule has 0 spiro atoms. The number of amides is 1. The number of hydrogen-bond donors (Lipinski definition) is 1. The summed E-state index contributed by atoms with van der Waals surface area (Å²) >= 11 is 6.09. The monoisotopic (exact) mass is 408 g/mol. The van der Waals surface area contributed by atoms with Crippen LogP contribution in [0.5, 0.6) is 0 Å². The predicted octanol–water partition coefficient (Wildman–Crippen LogP) is 3.47. The van der Waals surface area contributed by atoms with Crippen molar-refractivity contribution >= 4 is 33.2 Å². The largest absolute Gasteiger partial charge is 0.355 e. The summed E-state index contributed by atoms with van der Waals surface area (Å²) in [5.74, 6) is -0.346. The second kappa shape index (κ2) is 9.24. The molecule has 1 N–H and O–H groups in total. The second-order valence-corrected chi connectivity index (χ2v) is 8.96. The molecule has 146 valence electrons. The van der Waals surface area contributed by atoms with Crippen molar-refractivity contribution in [2.45, 2.75) is 26.7 Å². The quantitative estimate of drug-likeness (QED) is 0.680. The van der Waals surface area contributed by atoms with Crippen LogP contribution in [0.4, 0.5) is 5.69 Å². The number of aryl methyl sites for hydroxylation is 3. The minimum Gasteiger partial charge on any atom is -0.355 e. The Morgan fingerprint density at radius 3 is 2.52 bits per heavy atom. The molecule has 0 unspecified atom stereocenters. The summed E-state index contributed by atoms with van der Waals surface area (Å²) in [6.45, 7) is 4.09. The van der Waals surface area contributed by atoms with Crippen LogP contribution < -0.4 is 9.62 Å². The topological polar surface area (TPSA) is 66.5 Å². The van der Waals surface area contributed by atoms with E-state index in [0.717, 1.165) is 29.0 Å². The Morgan fingerprint density at radius 2 is 1.89 bits per heavy atom. The van der Waals surface area contributed by atoms with Crippen molar-refractivity contribution in [1.29, 1.82) is 0 Å². The average molecular weight is 409 g/mol. The highest BCUT2D eigenvalue weighted by Gasteiger charge is 2.21. The average Bonchev–Trinajstić information content (AvgIpc) is 2.58. The third-order valence-electron chi connectivity index (χ3n) is 4.18. The molecule has 0 aromatic heterocycles. The maximum Gasteiger partial charge on any atom is 0.240 e. The number of carbonyl (C=O) groups excluding carboxylic acids is 1. The van der Waals surface area contributed by atoms with E-state index in [9.17, 15) is 13.2 Å². The third-order valence-corrected chi connectivity index (χ3v) is 5.73. The van der Waals surface area contributed by atoms with Crippen molar-refractivity contribution in [2.24, 2.45) is 0 Å². The number of hydrogen-bond acceptors (Lipinski definition) is 3. The van der Waals surface area contributed by atoms with E-state index in [0.29, 0.717) is 17.3 Å². The fraction of sp³-hybridized carbons (Fsp3) is 0.350. The van der Waals surface area contributed by atoms with Crippen molar-refractivity contribution in [2.75, 3.05) is 23.7 Å². The van der Waals surface area contributed by atoms with Gasteiger partial charge in [-0.2, -0.15) is 0 Å². The molecule has 0 bridgehead atoms. The highest BCUT2D eigenvalue weighted by Crippen LogP contribution is 2.24. The Kier molecular flexibility index (Phi) is 7.27. The maximum absolute atomic E-state index is 12.2. The summed E-state index contributed by atoms with van der Waals surface area (Å²) in [4.78, 5) is 12.2. The van der Waals surface area contributed by atoms with E-state index in [-0.39, 0.29) is 12.5 Å². The Morgan fingerprint density at radius 1 is 1.15 bits per heavy atom. The lowest BCUT2D eigenvalue weighted by Gasteiger charge is -2.22. The highest BCUT2D eigenvalue weighted by molar-refractivity contribution is 7.92. The van der Waals surface area contributed by atoms with Crippen molar-refractivity contribution in [3.8, 4) is 0 Å². The molecule has 0 aliphatic carbocycles. The number of nitrogens with one attached hydrogen (secondary N) is 1. The number of benzene rings is 2. The fourth-order valence-corrected chi connectivity index (χ4v) is 3.73. The molecule has 7 heteroatoms. The molecule has 27 heavy (non-hydrogen) atoms. The van der Waals surface area contributed by atoms with E-state index in [1.807, 2.05) is 26.0 Å². The first-order valence-corrected chi connectivity index (χ1v) is 11.0. The van der Waals surface area contributed by atoms with Gasteiger partial charge in [0.1, 0.15) is 6.54 Å². The van der Waals surface area contributed by atoms with Gasteiger partial charge in [0, 0.05) is 11.6 Å². The third kappa shape index (κ3) is 6.56. The number of halogens is 1. The Bertz CT molecular complexity index is 913. The molecule has 0 aliphatic rings. The first-order valence-electron chi connectivity index (χ1n) is 8.73. The van der Waals surface area contributed by atoms with E-state index in [4.69, 9.17) is 11.6 Å². The Labute approximate surface area is 166 Å². The van der Waals surface area contributed by atoms with Crippen LogP contribution in [-0.4, -0.2) is 33.7 Å². The van der Waals surface area contributed by atoms with E-state index in [1.54, 1.807) is 18.2 Å². The maximum atomic E-state index is 12.2. The number of carbonyl (C=O) groups is 1. The SMILES string of the molecule is Cc1cccc(CCCNC(=O)CN(c2ccc(C)c(Cl)c2)S(C)(=O)=O)c1. The van der Waals surface area contributed by atoms with Crippen LogP contribution in [0.1, 0.15) is 23.1 Å². The number of sulfonamides is 1. The lowest BCUT2D eigenvalue weighted by Crippen LogP contribution is -2.40. The number of anilines is 1. The molecule has 5 nitrogen and oxygen atoms in total. The van der Waals surface area contributed by atoms with E-state index >= 15 is 0 Å². The van der Waals surface area contributed by atoms with Crippen LogP contribution in [0, 0.1) is 13.8 Å². The van der Waals surface area contributed by atoms with Gasteiger partial charge in [-0.05, 0) is 49.9 Å². The van der Waals surface area contributed by atoms with E-state index in [2.05, 4.69) is 17.4 Å². The van der Waals surface area contributed by atoms with Crippen molar-refractivity contribution in [1.82, 2.24) is 5.32 Å². The molecule has 0 saturated heterocycles. The molecule has 0 heterocycles. The molecule has 0 fully saturated rings. The van der Waals surface area contributed by atoms with Gasteiger partial charge in [-0.25, -0.2) is 8.42 Å². The van der Waals surface area contributed by atoms with Crippen LogP contribution in [0.15, 0.2) is 42.5 Å². The molecule has 0 atom stereocenters. The van der Waals surface area contributed by atoms with Gasteiger partial charge in [-0.1, -0.05) is 47.5 Å². The minimum absolute atomic E-state index is 0.275. The highest BCUT2D eigenvalue weighted by atomic mass is 35.5. The summed E-state index contributed by atoms with van der Waals surface area (Å²) in [7, 11) is -3.61. The van der Waals surface area contributed by atoms with E-state index in [1.165, 1.54) is 11.1 Å². The van der Waals surface area contributed by atoms with Crippen LogP contribution in [-0.2, 0) is 21.2 Å². The molecule has 2 aromatic carbocycles. The normalized spacial score (nSPS) is 11.3. The van der Waals surface area contributed by atoms with Crippen LogP contribution >= 0.6 is 11.6 Å². The van der Waals surface area contributed by atoms with Gasteiger partial charge in [-0.15, -0.1) is 0 Å². The summed E-state index contributed by atoms with van der Waals surface area (Å²) in [5, 5.41) is 3.25. The first-order chi connectivity index (χ1) is 12.7. The van der Waals surface area contributed by atoms with Gasteiger partial charge in [0.15, 0.2) is 0 Å². The molecule has 2 aromatic rings. The molecule has 0 saturated carbocycles. The minimum atomic E-state index is -3.61. The van der Waals surface area contributed by atoms with Gasteiger partial charge in [0.05, 0.1) is 11.9 Å². The number of rotatable bonds is 8. The molecular formula is C20H25ClN2O3S. The number of nitrogens with zero attached hydrogens (tertiary/aromatic N) is 1. The Hall–Kier alpha value is -2.05. The van der Waals surface area contributed by atoms with Crippen molar-refractivity contribution < 1.29 is 13.2 Å². The molecular weight excluding hydrogens is 384 g/mol. The second-order valence-electron chi connectivity index (χ2n) is 6.65. The van der Waals surface area contributed by atoms with Gasteiger partial charge >= 0.3 is 0 Å². The summed E-state index contributed by atoms with van der Waals surface area (Å²) in [5.41, 5.74) is 3.64. The lowest BCUT2D eigenvalue weighted by molar-refractivity contribution is -0.119. The zero-order chi connectivity index (χ0) is 20.0. The smallest absolute Gasteiger partial charge is 0.240 e. The Balaban J connectivity index is 1.93. The first kappa shape index (κ1) is 21.3. The predicted molar refractivity (Wildman–Crippen MR) is 111 cm³/mol. The standard InChI is InChI=1S/C20H25ClN2O3S/c1-15-6-4-7-17(12-15)8-5-11-22-20(24)14-23(27(3,25)26)18-10-9-16(2)19(21)13-18/h4,6-7,9-10,12-13H,5,8,11,14H2,1-3H3,(H,22,24). The fourth-order valence-electron chi connectivity index (χ4n) is 2.71. The molecule has 0 radical (unpaired) electrons. The van der Waals surface area contributed by atoms with Gasteiger partial charge < -0.3 is 5.32 Å². The van der Waals surface area contributed by atoms with Crippen LogP contribution in [0.3, 0.4) is 0 Å². The van der Waals surface area contributed by atoms with Crippen LogP contribution in [0.2, 0.25) is 5.02 Å². The molecule has 1 amide bonds.